The number of aliphatic hydroxyl groups is 3. The number of carbonyl (C=O) groups excluding carboxylic acids is 1. The van der Waals surface area contributed by atoms with Gasteiger partial charge in [0.2, 0.25) is 6.35 Å². The van der Waals surface area contributed by atoms with E-state index in [9.17, 15) is 15.0 Å². The van der Waals surface area contributed by atoms with Crippen molar-refractivity contribution in [2.75, 3.05) is 6.61 Å². The Bertz CT molecular complexity index is 350. The van der Waals surface area contributed by atoms with Crippen LogP contribution in [-0.4, -0.2) is 57.5 Å². The highest BCUT2D eigenvalue weighted by Crippen LogP contribution is 2.26. The van der Waals surface area contributed by atoms with E-state index >= 15 is 0 Å². The third kappa shape index (κ3) is 2.45. The molecule has 17 heavy (non-hydrogen) atoms. The van der Waals surface area contributed by atoms with Crippen molar-refractivity contribution in [3.8, 4) is 0 Å². The van der Waals surface area contributed by atoms with Crippen LogP contribution in [0, 0.1) is 0 Å². The van der Waals surface area contributed by atoms with Crippen LogP contribution in [0.1, 0.15) is 6.42 Å². The molecule has 4 unspecified atom stereocenters. The average Bonchev–Trinajstić information content (AvgIpc) is 2.65. The Balaban J connectivity index is 2.10. The van der Waals surface area contributed by atoms with Crippen LogP contribution in [0.15, 0.2) is 10.7 Å². The second-order valence-corrected chi connectivity index (χ2v) is 4.74. The van der Waals surface area contributed by atoms with Gasteiger partial charge in [0.05, 0.1) is 17.2 Å². The lowest BCUT2D eigenvalue weighted by atomic mass is 10.2. The smallest absolute Gasteiger partial charge is 0.263 e. The SMILES string of the molecule is O=C1NC(O)N(C2CC(O)C(CO)O2)C=C1Br. The number of rotatable bonds is 2. The van der Waals surface area contributed by atoms with E-state index in [1.54, 1.807) is 0 Å². The number of nitrogens with one attached hydrogen (secondary N) is 1. The first-order valence-electron chi connectivity index (χ1n) is 5.11. The van der Waals surface area contributed by atoms with E-state index in [4.69, 9.17) is 9.84 Å². The lowest BCUT2D eigenvalue weighted by Gasteiger charge is -2.34. The molecule has 1 amide bonds. The van der Waals surface area contributed by atoms with E-state index in [1.165, 1.54) is 11.1 Å². The first-order valence-corrected chi connectivity index (χ1v) is 5.90. The molecular weight excluding hydrogens is 296 g/mol. The third-order valence-corrected chi connectivity index (χ3v) is 3.30. The fourth-order valence-electron chi connectivity index (χ4n) is 1.82. The molecule has 7 nitrogen and oxygen atoms in total. The Kier molecular flexibility index (Phi) is 3.69. The number of halogens is 1. The molecule has 4 atom stereocenters. The number of aliphatic hydroxyl groups excluding tert-OH is 3. The molecule has 0 radical (unpaired) electrons. The number of hydrogen-bond acceptors (Lipinski definition) is 6. The molecular formula is C9H13BrN2O5. The Morgan fingerprint density at radius 1 is 1.59 bits per heavy atom. The van der Waals surface area contributed by atoms with Gasteiger partial charge < -0.3 is 30.3 Å². The summed E-state index contributed by atoms with van der Waals surface area (Å²) < 4.78 is 5.62. The minimum atomic E-state index is -1.21. The van der Waals surface area contributed by atoms with Crippen molar-refractivity contribution in [2.24, 2.45) is 0 Å². The maximum Gasteiger partial charge on any atom is 0.263 e. The van der Waals surface area contributed by atoms with Crippen LogP contribution in [0.5, 0.6) is 0 Å². The maximum absolute atomic E-state index is 11.2. The molecule has 0 aromatic rings. The fourth-order valence-corrected chi connectivity index (χ4v) is 2.18. The number of nitrogens with zero attached hydrogens (tertiary/aromatic N) is 1. The summed E-state index contributed by atoms with van der Waals surface area (Å²) in [5, 5.41) is 30.5. The molecule has 0 aromatic carbocycles. The van der Waals surface area contributed by atoms with Crippen molar-refractivity contribution in [1.29, 1.82) is 0 Å². The van der Waals surface area contributed by atoms with Crippen molar-refractivity contribution < 1.29 is 24.9 Å². The summed E-state index contributed by atoms with van der Waals surface area (Å²) in [6.07, 6.45) is -1.61. The van der Waals surface area contributed by atoms with E-state index in [0.29, 0.717) is 0 Å². The van der Waals surface area contributed by atoms with Crippen molar-refractivity contribution >= 4 is 21.8 Å². The van der Waals surface area contributed by atoms with E-state index < -0.39 is 30.7 Å². The van der Waals surface area contributed by atoms with Crippen molar-refractivity contribution in [3.05, 3.63) is 10.7 Å². The van der Waals surface area contributed by atoms with Gasteiger partial charge in [-0.15, -0.1) is 0 Å². The molecule has 2 rings (SSSR count). The predicted molar refractivity (Wildman–Crippen MR) is 59.4 cm³/mol. The highest BCUT2D eigenvalue weighted by molar-refractivity contribution is 9.12. The summed E-state index contributed by atoms with van der Waals surface area (Å²) in [6, 6.07) is 0. The van der Waals surface area contributed by atoms with E-state index in [2.05, 4.69) is 21.2 Å². The summed E-state index contributed by atoms with van der Waals surface area (Å²) in [6.45, 7) is -0.293. The molecule has 0 bridgehead atoms. The third-order valence-electron chi connectivity index (χ3n) is 2.74. The van der Waals surface area contributed by atoms with Crippen molar-refractivity contribution in [2.45, 2.75) is 31.2 Å². The second kappa shape index (κ2) is 4.91. The lowest BCUT2D eigenvalue weighted by molar-refractivity contribution is -0.142. The van der Waals surface area contributed by atoms with Gasteiger partial charge in [0, 0.05) is 12.6 Å². The Hall–Kier alpha value is -0.670. The Morgan fingerprint density at radius 3 is 2.88 bits per heavy atom. The molecule has 2 aliphatic heterocycles. The van der Waals surface area contributed by atoms with Crippen LogP contribution in [0.2, 0.25) is 0 Å². The van der Waals surface area contributed by atoms with Crippen LogP contribution in [0.25, 0.3) is 0 Å². The highest BCUT2D eigenvalue weighted by atomic mass is 79.9. The van der Waals surface area contributed by atoms with E-state index in [0.717, 1.165) is 0 Å². The van der Waals surface area contributed by atoms with Gasteiger partial charge >= 0.3 is 0 Å². The molecule has 4 N–H and O–H groups in total. The normalized spacial score (nSPS) is 38.0. The highest BCUT2D eigenvalue weighted by Gasteiger charge is 2.39. The first kappa shape index (κ1) is 12.8. The number of ether oxygens (including phenoxy) is 1. The zero-order valence-corrected chi connectivity index (χ0v) is 10.4. The van der Waals surface area contributed by atoms with Gasteiger partial charge in [-0.3, -0.25) is 4.79 Å². The maximum atomic E-state index is 11.2. The molecule has 0 aromatic heterocycles. The zero-order chi connectivity index (χ0) is 12.6. The van der Waals surface area contributed by atoms with Gasteiger partial charge in [-0.05, 0) is 15.9 Å². The monoisotopic (exact) mass is 308 g/mol. The van der Waals surface area contributed by atoms with Crippen LogP contribution in [0.3, 0.4) is 0 Å². The minimum absolute atomic E-state index is 0.245. The molecule has 0 spiro atoms. The molecule has 1 saturated heterocycles. The van der Waals surface area contributed by atoms with Crippen molar-refractivity contribution in [3.63, 3.8) is 0 Å². The number of hydrogen-bond donors (Lipinski definition) is 4. The Morgan fingerprint density at radius 2 is 2.29 bits per heavy atom. The van der Waals surface area contributed by atoms with Gasteiger partial charge in [0.15, 0.2) is 0 Å². The van der Waals surface area contributed by atoms with Gasteiger partial charge in [-0.2, -0.15) is 0 Å². The molecule has 2 heterocycles. The van der Waals surface area contributed by atoms with E-state index in [1.807, 2.05) is 0 Å². The molecule has 96 valence electrons. The van der Waals surface area contributed by atoms with Crippen LogP contribution >= 0.6 is 15.9 Å². The summed E-state index contributed by atoms with van der Waals surface area (Å²) in [7, 11) is 0. The van der Waals surface area contributed by atoms with Gasteiger partial charge in [0.1, 0.15) is 12.3 Å². The molecule has 1 fully saturated rings. The lowest BCUT2D eigenvalue weighted by Crippen LogP contribution is -2.53. The average molecular weight is 309 g/mol. The van der Waals surface area contributed by atoms with Gasteiger partial charge in [0.25, 0.3) is 5.91 Å². The fraction of sp³-hybridized carbons (Fsp3) is 0.667. The summed E-state index contributed by atoms with van der Waals surface area (Å²) in [5.41, 5.74) is 0. The summed E-state index contributed by atoms with van der Waals surface area (Å²) >= 11 is 3.04. The largest absolute Gasteiger partial charge is 0.394 e. The van der Waals surface area contributed by atoms with Crippen LogP contribution < -0.4 is 5.32 Å². The van der Waals surface area contributed by atoms with Crippen LogP contribution in [-0.2, 0) is 9.53 Å². The standard InChI is InChI=1S/C9H13BrN2O5/c10-4-2-12(9(16)11-8(4)15)7-1-5(14)6(3-13)17-7/h2,5-7,9,13-14,16H,1,3H2,(H,11,15). The Labute approximate surface area is 106 Å². The molecule has 0 aliphatic carbocycles. The first-order chi connectivity index (χ1) is 8.02. The summed E-state index contributed by atoms with van der Waals surface area (Å²) in [4.78, 5) is 12.6. The minimum Gasteiger partial charge on any atom is -0.394 e. The quantitative estimate of drug-likeness (QED) is 0.490. The van der Waals surface area contributed by atoms with Crippen molar-refractivity contribution in [1.82, 2.24) is 10.2 Å². The summed E-state index contributed by atoms with van der Waals surface area (Å²) in [5.74, 6) is -0.425. The molecule has 8 heteroatoms. The van der Waals surface area contributed by atoms with E-state index in [-0.39, 0.29) is 17.5 Å². The van der Waals surface area contributed by atoms with Gasteiger partial charge in [-0.1, -0.05) is 0 Å². The van der Waals surface area contributed by atoms with Crippen LogP contribution in [0.4, 0.5) is 0 Å². The zero-order valence-electron chi connectivity index (χ0n) is 8.78. The molecule has 0 saturated carbocycles. The topological polar surface area (TPSA) is 102 Å². The second-order valence-electron chi connectivity index (χ2n) is 3.89. The number of amides is 1. The predicted octanol–water partition coefficient (Wildman–Crippen LogP) is -1.60. The number of carbonyl (C=O) groups is 1. The molecule has 2 aliphatic rings. The van der Waals surface area contributed by atoms with Gasteiger partial charge in [-0.25, -0.2) is 0 Å².